The molecule has 0 heterocycles. The molecule has 0 radical (unpaired) electrons. The highest BCUT2D eigenvalue weighted by Gasteiger charge is 2.16. The zero-order chi connectivity index (χ0) is 13.8. The minimum atomic E-state index is -0.972. The van der Waals surface area contributed by atoms with Gasteiger partial charge < -0.3 is 5.11 Å². The molecule has 5 heteroatoms. The van der Waals surface area contributed by atoms with Crippen molar-refractivity contribution in [3.63, 3.8) is 0 Å². The van der Waals surface area contributed by atoms with Crippen LogP contribution in [-0.4, -0.2) is 28.2 Å². The molecule has 0 saturated carbocycles. The van der Waals surface area contributed by atoms with Gasteiger partial charge in [0.2, 0.25) is 6.41 Å². The van der Waals surface area contributed by atoms with Crippen LogP contribution in [0.1, 0.15) is 36.7 Å². The first-order chi connectivity index (χ1) is 8.31. The molecule has 1 aromatic carbocycles. The standard InChI is InChI=1S/C13H17NO4/c1-13(2,3)18-14(9-15)8-10-4-6-11(7-5-10)12(16)17/h4-7,9H,8H2,1-3H3,(H,16,17). The van der Waals surface area contributed by atoms with Gasteiger partial charge in [0, 0.05) is 0 Å². The number of carboxylic acids is 1. The number of benzene rings is 1. The number of rotatable bonds is 5. The van der Waals surface area contributed by atoms with Gasteiger partial charge in [0.15, 0.2) is 0 Å². The number of aromatic carboxylic acids is 1. The number of hydrogen-bond donors (Lipinski definition) is 1. The summed E-state index contributed by atoms with van der Waals surface area (Å²) in [6, 6.07) is 6.31. The van der Waals surface area contributed by atoms with Crippen LogP contribution >= 0.6 is 0 Å². The first kappa shape index (κ1) is 14.2. The zero-order valence-corrected chi connectivity index (χ0v) is 10.7. The van der Waals surface area contributed by atoms with Gasteiger partial charge in [0.1, 0.15) is 0 Å². The highest BCUT2D eigenvalue weighted by atomic mass is 16.7. The van der Waals surface area contributed by atoms with Gasteiger partial charge in [-0.25, -0.2) is 9.86 Å². The third-order valence-electron chi connectivity index (χ3n) is 2.05. The number of amides is 1. The van der Waals surface area contributed by atoms with E-state index in [2.05, 4.69) is 0 Å². The van der Waals surface area contributed by atoms with Crippen molar-refractivity contribution in [1.29, 1.82) is 0 Å². The fraction of sp³-hybridized carbons (Fsp3) is 0.385. The number of carbonyl (C=O) groups is 2. The van der Waals surface area contributed by atoms with Gasteiger partial charge in [0.25, 0.3) is 0 Å². The minimum absolute atomic E-state index is 0.216. The van der Waals surface area contributed by atoms with E-state index in [4.69, 9.17) is 9.94 Å². The molecule has 0 aliphatic heterocycles. The maximum Gasteiger partial charge on any atom is 0.335 e. The molecule has 0 atom stereocenters. The summed E-state index contributed by atoms with van der Waals surface area (Å²) in [6.45, 7) is 5.81. The fourth-order valence-electron chi connectivity index (χ4n) is 1.38. The maximum atomic E-state index is 10.9. The van der Waals surface area contributed by atoms with Crippen LogP contribution in [-0.2, 0) is 16.2 Å². The number of carboxylic acid groups (broad SMARTS) is 1. The van der Waals surface area contributed by atoms with Gasteiger partial charge in [-0.1, -0.05) is 12.1 Å². The lowest BCUT2D eigenvalue weighted by Gasteiger charge is -2.26. The van der Waals surface area contributed by atoms with Crippen LogP contribution in [0.2, 0.25) is 0 Å². The second-order valence-electron chi connectivity index (χ2n) is 4.89. The summed E-state index contributed by atoms with van der Waals surface area (Å²) < 4.78 is 0. The minimum Gasteiger partial charge on any atom is -0.478 e. The van der Waals surface area contributed by atoms with Crippen LogP contribution in [0.4, 0.5) is 0 Å². The molecule has 1 aromatic rings. The van der Waals surface area contributed by atoms with Gasteiger partial charge in [-0.2, -0.15) is 0 Å². The fourth-order valence-corrected chi connectivity index (χ4v) is 1.38. The first-order valence-electron chi connectivity index (χ1n) is 5.55. The van der Waals surface area contributed by atoms with Crippen molar-refractivity contribution < 1.29 is 19.5 Å². The quantitative estimate of drug-likeness (QED) is 0.642. The lowest BCUT2D eigenvalue weighted by molar-refractivity contribution is -0.220. The second kappa shape index (κ2) is 5.64. The Morgan fingerprint density at radius 1 is 1.33 bits per heavy atom. The average Bonchev–Trinajstić information content (AvgIpc) is 2.27. The Bertz CT molecular complexity index is 420. The Morgan fingerprint density at radius 3 is 2.28 bits per heavy atom. The summed E-state index contributed by atoms with van der Waals surface area (Å²) in [5, 5.41) is 9.96. The van der Waals surface area contributed by atoms with Crippen molar-refractivity contribution >= 4 is 12.4 Å². The molecule has 1 N–H and O–H groups in total. The molecule has 18 heavy (non-hydrogen) atoms. The van der Waals surface area contributed by atoms with E-state index in [0.29, 0.717) is 6.41 Å². The number of hydroxylamine groups is 2. The molecule has 1 amide bonds. The van der Waals surface area contributed by atoms with E-state index in [1.54, 1.807) is 12.1 Å². The Balaban J connectivity index is 2.70. The summed E-state index contributed by atoms with van der Waals surface area (Å²) in [5.41, 5.74) is 0.562. The average molecular weight is 251 g/mol. The smallest absolute Gasteiger partial charge is 0.335 e. The molecular weight excluding hydrogens is 234 g/mol. The van der Waals surface area contributed by atoms with E-state index in [9.17, 15) is 9.59 Å². The summed E-state index contributed by atoms with van der Waals surface area (Å²) in [7, 11) is 0. The number of nitrogens with zero attached hydrogens (tertiary/aromatic N) is 1. The molecule has 0 saturated heterocycles. The summed E-state index contributed by atoms with van der Waals surface area (Å²) in [6.07, 6.45) is 0.607. The predicted molar refractivity (Wildman–Crippen MR) is 65.8 cm³/mol. The van der Waals surface area contributed by atoms with E-state index in [-0.39, 0.29) is 12.1 Å². The number of hydrogen-bond acceptors (Lipinski definition) is 3. The van der Waals surface area contributed by atoms with Gasteiger partial charge in [-0.05, 0) is 38.5 Å². The molecular formula is C13H17NO4. The van der Waals surface area contributed by atoms with Crippen molar-refractivity contribution in [3.05, 3.63) is 35.4 Å². The normalized spacial score (nSPS) is 11.1. The van der Waals surface area contributed by atoms with Crippen LogP contribution in [0.25, 0.3) is 0 Å². The lowest BCUT2D eigenvalue weighted by Crippen LogP contribution is -2.32. The lowest BCUT2D eigenvalue weighted by atomic mass is 10.1. The Kier molecular flexibility index (Phi) is 4.44. The van der Waals surface area contributed by atoms with Crippen molar-refractivity contribution in [2.45, 2.75) is 32.9 Å². The largest absolute Gasteiger partial charge is 0.478 e. The SMILES string of the molecule is CC(C)(C)ON(C=O)Cc1ccc(C(=O)O)cc1. The highest BCUT2D eigenvalue weighted by Crippen LogP contribution is 2.13. The monoisotopic (exact) mass is 251 g/mol. The zero-order valence-electron chi connectivity index (χ0n) is 10.7. The third-order valence-corrected chi connectivity index (χ3v) is 2.05. The van der Waals surface area contributed by atoms with Crippen LogP contribution < -0.4 is 0 Å². The van der Waals surface area contributed by atoms with Crippen molar-refractivity contribution in [2.24, 2.45) is 0 Å². The van der Waals surface area contributed by atoms with E-state index in [1.165, 1.54) is 17.2 Å². The summed E-state index contributed by atoms with van der Waals surface area (Å²) >= 11 is 0. The molecule has 1 rings (SSSR count). The van der Waals surface area contributed by atoms with Crippen molar-refractivity contribution in [1.82, 2.24) is 5.06 Å². The van der Waals surface area contributed by atoms with Crippen molar-refractivity contribution in [2.75, 3.05) is 0 Å². The maximum absolute atomic E-state index is 10.9. The molecule has 0 aliphatic rings. The van der Waals surface area contributed by atoms with Crippen LogP contribution in [0.3, 0.4) is 0 Å². The van der Waals surface area contributed by atoms with Crippen LogP contribution in [0.5, 0.6) is 0 Å². The topological polar surface area (TPSA) is 66.8 Å². The van der Waals surface area contributed by atoms with E-state index < -0.39 is 11.6 Å². The summed E-state index contributed by atoms with van der Waals surface area (Å²) in [5.74, 6) is -0.972. The van der Waals surface area contributed by atoms with E-state index in [0.717, 1.165) is 5.56 Å². The molecule has 0 fully saturated rings. The Hall–Kier alpha value is -1.88. The predicted octanol–water partition coefficient (Wildman–Crippen LogP) is 2.07. The summed E-state index contributed by atoms with van der Waals surface area (Å²) in [4.78, 5) is 27.0. The van der Waals surface area contributed by atoms with Crippen LogP contribution in [0, 0.1) is 0 Å². The third kappa shape index (κ3) is 4.55. The van der Waals surface area contributed by atoms with Gasteiger partial charge in [-0.3, -0.25) is 9.63 Å². The highest BCUT2D eigenvalue weighted by molar-refractivity contribution is 5.87. The Labute approximate surface area is 106 Å². The van der Waals surface area contributed by atoms with Gasteiger partial charge in [-0.15, -0.1) is 0 Å². The van der Waals surface area contributed by atoms with E-state index >= 15 is 0 Å². The molecule has 0 spiro atoms. The second-order valence-corrected chi connectivity index (χ2v) is 4.89. The molecule has 0 aromatic heterocycles. The molecule has 98 valence electrons. The number of carbonyl (C=O) groups excluding carboxylic acids is 1. The van der Waals surface area contributed by atoms with E-state index in [1.807, 2.05) is 20.8 Å². The van der Waals surface area contributed by atoms with Gasteiger partial charge >= 0.3 is 5.97 Å². The molecule has 5 nitrogen and oxygen atoms in total. The van der Waals surface area contributed by atoms with Crippen LogP contribution in [0.15, 0.2) is 24.3 Å². The first-order valence-corrected chi connectivity index (χ1v) is 5.55. The van der Waals surface area contributed by atoms with Gasteiger partial charge in [0.05, 0.1) is 17.7 Å². The molecule has 0 unspecified atom stereocenters. The molecule has 0 aliphatic carbocycles. The van der Waals surface area contributed by atoms with Crippen molar-refractivity contribution in [3.8, 4) is 0 Å². The Morgan fingerprint density at radius 2 is 1.89 bits per heavy atom. The molecule has 0 bridgehead atoms.